The van der Waals surface area contributed by atoms with Crippen LogP contribution in [0.2, 0.25) is 0 Å². The summed E-state index contributed by atoms with van der Waals surface area (Å²) < 4.78 is 37.5. The van der Waals surface area contributed by atoms with Crippen molar-refractivity contribution in [2.75, 3.05) is 29.2 Å². The van der Waals surface area contributed by atoms with Crippen LogP contribution in [0.1, 0.15) is 5.56 Å². The van der Waals surface area contributed by atoms with Gasteiger partial charge in [0.15, 0.2) is 9.84 Å². The quantitative estimate of drug-likeness (QED) is 0.909. The van der Waals surface area contributed by atoms with Gasteiger partial charge in [0.1, 0.15) is 11.2 Å². The third-order valence-electron chi connectivity index (χ3n) is 3.19. The van der Waals surface area contributed by atoms with Crippen molar-refractivity contribution in [1.82, 2.24) is 0 Å². The first-order valence-corrected chi connectivity index (χ1v) is 9.06. The van der Waals surface area contributed by atoms with Crippen molar-refractivity contribution in [2.45, 2.75) is 11.9 Å². The molecule has 1 aliphatic heterocycles. The Hall–Kier alpha value is -0.790. The SMILES string of the molecule is CS(=O)(=O)C1CSCCN1c1cccc(F)c1CN. The smallest absolute Gasteiger partial charge is 0.169 e. The predicted octanol–water partition coefficient (Wildman–Crippen LogP) is 1.21. The van der Waals surface area contributed by atoms with E-state index in [1.54, 1.807) is 28.8 Å². The highest BCUT2D eigenvalue weighted by Crippen LogP contribution is 2.30. The Kier molecular flexibility index (Phi) is 4.37. The molecule has 1 aromatic rings. The zero-order valence-electron chi connectivity index (χ0n) is 10.7. The maximum atomic E-state index is 13.8. The molecule has 1 aromatic carbocycles. The summed E-state index contributed by atoms with van der Waals surface area (Å²) in [6.07, 6.45) is 1.22. The average Bonchev–Trinajstić information content (AvgIpc) is 2.37. The highest BCUT2D eigenvalue weighted by atomic mass is 32.2. The molecule has 1 saturated heterocycles. The minimum atomic E-state index is -3.22. The molecular weight excluding hydrogens is 287 g/mol. The number of nitrogens with two attached hydrogens (primary N) is 1. The second-order valence-electron chi connectivity index (χ2n) is 4.49. The van der Waals surface area contributed by atoms with E-state index < -0.39 is 15.2 Å². The van der Waals surface area contributed by atoms with E-state index in [1.807, 2.05) is 0 Å². The molecule has 19 heavy (non-hydrogen) atoms. The average molecular weight is 304 g/mol. The van der Waals surface area contributed by atoms with E-state index in [1.165, 1.54) is 12.3 Å². The standard InChI is InChI=1S/C12H17FN2O2S2/c1-19(16,17)12-8-18-6-5-15(12)11-4-2-3-10(13)9(11)7-14/h2-4,12H,5-8,14H2,1H3. The van der Waals surface area contributed by atoms with Crippen molar-refractivity contribution in [2.24, 2.45) is 5.73 Å². The fourth-order valence-electron chi connectivity index (χ4n) is 2.23. The molecule has 7 heteroatoms. The molecule has 1 fully saturated rings. The van der Waals surface area contributed by atoms with Crippen LogP contribution in [-0.4, -0.2) is 38.1 Å². The Morgan fingerprint density at radius 1 is 1.53 bits per heavy atom. The van der Waals surface area contributed by atoms with Crippen LogP contribution in [0.4, 0.5) is 10.1 Å². The van der Waals surface area contributed by atoms with Gasteiger partial charge < -0.3 is 10.6 Å². The van der Waals surface area contributed by atoms with Crippen LogP contribution in [0, 0.1) is 5.82 Å². The van der Waals surface area contributed by atoms with Crippen LogP contribution in [0.25, 0.3) is 0 Å². The van der Waals surface area contributed by atoms with Crippen molar-refractivity contribution >= 4 is 27.3 Å². The van der Waals surface area contributed by atoms with Gasteiger partial charge in [-0.05, 0) is 12.1 Å². The monoisotopic (exact) mass is 304 g/mol. The molecule has 106 valence electrons. The Morgan fingerprint density at radius 2 is 2.26 bits per heavy atom. The second kappa shape index (κ2) is 5.68. The maximum Gasteiger partial charge on any atom is 0.169 e. The number of hydrogen-bond acceptors (Lipinski definition) is 5. The molecule has 1 atom stereocenters. The van der Waals surface area contributed by atoms with E-state index in [-0.39, 0.29) is 12.4 Å². The molecule has 2 N–H and O–H groups in total. The van der Waals surface area contributed by atoms with Gasteiger partial charge in [-0.1, -0.05) is 6.07 Å². The van der Waals surface area contributed by atoms with Gasteiger partial charge in [-0.3, -0.25) is 0 Å². The normalized spacial score (nSPS) is 20.6. The van der Waals surface area contributed by atoms with Crippen molar-refractivity contribution in [1.29, 1.82) is 0 Å². The van der Waals surface area contributed by atoms with E-state index in [0.717, 1.165) is 5.75 Å². The van der Waals surface area contributed by atoms with Gasteiger partial charge in [0, 0.05) is 42.1 Å². The van der Waals surface area contributed by atoms with Gasteiger partial charge in [-0.15, -0.1) is 0 Å². The molecule has 1 heterocycles. The molecular formula is C12H17FN2O2S2. The van der Waals surface area contributed by atoms with Crippen LogP contribution in [0.3, 0.4) is 0 Å². The first-order chi connectivity index (χ1) is 8.95. The summed E-state index contributed by atoms with van der Waals surface area (Å²) >= 11 is 1.60. The minimum absolute atomic E-state index is 0.0577. The van der Waals surface area contributed by atoms with E-state index in [9.17, 15) is 12.8 Å². The van der Waals surface area contributed by atoms with Crippen molar-refractivity contribution in [3.05, 3.63) is 29.6 Å². The molecule has 0 aromatic heterocycles. The lowest BCUT2D eigenvalue weighted by Gasteiger charge is -2.37. The summed E-state index contributed by atoms with van der Waals surface area (Å²) in [6, 6.07) is 4.67. The summed E-state index contributed by atoms with van der Waals surface area (Å²) in [6.45, 7) is 0.640. The summed E-state index contributed by atoms with van der Waals surface area (Å²) in [7, 11) is -3.22. The summed E-state index contributed by atoms with van der Waals surface area (Å²) in [5, 5.41) is -0.613. The zero-order chi connectivity index (χ0) is 14.0. The van der Waals surface area contributed by atoms with Gasteiger partial charge in [0.05, 0.1) is 0 Å². The summed E-state index contributed by atoms with van der Waals surface area (Å²) in [5.74, 6) is 0.941. The lowest BCUT2D eigenvalue weighted by Crippen LogP contribution is -2.47. The molecule has 1 unspecified atom stereocenters. The van der Waals surface area contributed by atoms with Gasteiger partial charge in [0.25, 0.3) is 0 Å². The van der Waals surface area contributed by atoms with E-state index in [2.05, 4.69) is 0 Å². The fourth-order valence-corrected chi connectivity index (χ4v) is 5.06. The molecule has 1 aliphatic rings. The number of rotatable bonds is 3. The van der Waals surface area contributed by atoms with Crippen LogP contribution in [0.15, 0.2) is 18.2 Å². The van der Waals surface area contributed by atoms with Crippen LogP contribution in [-0.2, 0) is 16.4 Å². The highest BCUT2D eigenvalue weighted by Gasteiger charge is 2.32. The number of nitrogens with zero attached hydrogens (tertiary/aromatic N) is 1. The number of anilines is 1. The zero-order valence-corrected chi connectivity index (χ0v) is 12.3. The largest absolute Gasteiger partial charge is 0.353 e. The number of hydrogen-bond donors (Lipinski definition) is 1. The predicted molar refractivity (Wildman–Crippen MR) is 77.6 cm³/mol. The van der Waals surface area contributed by atoms with Crippen molar-refractivity contribution in [3.8, 4) is 0 Å². The fraction of sp³-hybridized carbons (Fsp3) is 0.500. The van der Waals surface area contributed by atoms with Gasteiger partial charge in [0.2, 0.25) is 0 Å². The van der Waals surface area contributed by atoms with Gasteiger partial charge in [-0.25, -0.2) is 12.8 Å². The van der Waals surface area contributed by atoms with Crippen LogP contribution in [0.5, 0.6) is 0 Å². The Labute approximate surface area is 117 Å². The number of sulfone groups is 1. The first-order valence-electron chi connectivity index (χ1n) is 5.96. The first kappa shape index (κ1) is 14.6. The third kappa shape index (κ3) is 3.04. The second-order valence-corrected chi connectivity index (χ2v) is 7.85. The minimum Gasteiger partial charge on any atom is -0.353 e. The highest BCUT2D eigenvalue weighted by molar-refractivity contribution is 8.01. The lowest BCUT2D eigenvalue weighted by atomic mass is 10.1. The number of benzene rings is 1. The molecule has 4 nitrogen and oxygen atoms in total. The van der Waals surface area contributed by atoms with E-state index >= 15 is 0 Å². The molecule has 0 aliphatic carbocycles. The molecule has 0 spiro atoms. The van der Waals surface area contributed by atoms with Crippen molar-refractivity contribution in [3.63, 3.8) is 0 Å². The van der Waals surface area contributed by atoms with E-state index in [4.69, 9.17) is 5.73 Å². The van der Waals surface area contributed by atoms with E-state index in [0.29, 0.717) is 23.5 Å². The van der Waals surface area contributed by atoms with Crippen LogP contribution < -0.4 is 10.6 Å². The molecule has 0 radical (unpaired) electrons. The molecule has 0 amide bonds. The van der Waals surface area contributed by atoms with Gasteiger partial charge >= 0.3 is 0 Å². The van der Waals surface area contributed by atoms with Crippen molar-refractivity contribution < 1.29 is 12.8 Å². The molecule has 2 rings (SSSR count). The third-order valence-corrected chi connectivity index (χ3v) is 5.83. The van der Waals surface area contributed by atoms with Crippen LogP contribution >= 0.6 is 11.8 Å². The maximum absolute atomic E-state index is 13.8. The number of halogens is 1. The summed E-state index contributed by atoms with van der Waals surface area (Å²) in [5.41, 5.74) is 6.56. The summed E-state index contributed by atoms with van der Waals surface area (Å²) in [4.78, 5) is 1.76. The molecule has 0 bridgehead atoms. The Morgan fingerprint density at radius 3 is 2.89 bits per heavy atom. The van der Waals surface area contributed by atoms with Gasteiger partial charge in [-0.2, -0.15) is 11.8 Å². The molecule has 0 saturated carbocycles. The Balaban J connectivity index is 2.46. The number of thioether (sulfide) groups is 1. The lowest BCUT2D eigenvalue weighted by molar-refractivity contribution is 0.581. The Bertz CT molecular complexity index is 563. The topological polar surface area (TPSA) is 63.4 Å².